The Morgan fingerprint density at radius 1 is 1.05 bits per heavy atom. The third-order valence-electron chi connectivity index (χ3n) is 3.14. The molecule has 0 aliphatic rings. The molecule has 1 rings (SSSR count). The van der Waals surface area contributed by atoms with E-state index in [-0.39, 0.29) is 5.91 Å². The summed E-state index contributed by atoms with van der Waals surface area (Å²) in [5.41, 5.74) is 2.47. The molecule has 0 bridgehead atoms. The Bertz CT molecular complexity index is 396. The smallest absolute Gasteiger partial charge is 0.224 e. The lowest BCUT2D eigenvalue weighted by Crippen LogP contribution is -2.27. The highest BCUT2D eigenvalue weighted by Crippen LogP contribution is 2.14. The van der Waals surface area contributed by atoms with E-state index in [2.05, 4.69) is 51.2 Å². The van der Waals surface area contributed by atoms with Gasteiger partial charge in [0.2, 0.25) is 5.91 Å². The minimum Gasteiger partial charge on any atom is -0.356 e. The highest BCUT2D eigenvalue weighted by atomic mass is 16.1. The summed E-state index contributed by atoms with van der Waals surface area (Å²) >= 11 is 0. The van der Waals surface area contributed by atoms with Crippen LogP contribution in [0.15, 0.2) is 24.3 Å². The van der Waals surface area contributed by atoms with Crippen LogP contribution in [0.3, 0.4) is 0 Å². The molecule has 1 aromatic carbocycles. The number of carbonyl (C=O) groups excluding carboxylic acids is 1. The molecule has 0 atom stereocenters. The maximum atomic E-state index is 11.9. The predicted molar refractivity (Wildman–Crippen MR) is 81.2 cm³/mol. The normalized spacial score (nSPS) is 11.1. The molecular weight excluding hydrogens is 234 g/mol. The molecule has 0 radical (unpaired) electrons. The van der Waals surface area contributed by atoms with Gasteiger partial charge in [0.25, 0.3) is 0 Å². The van der Waals surface area contributed by atoms with Crippen LogP contribution < -0.4 is 5.32 Å². The van der Waals surface area contributed by atoms with Crippen molar-refractivity contribution in [1.29, 1.82) is 0 Å². The van der Waals surface area contributed by atoms with Crippen molar-refractivity contribution < 1.29 is 4.79 Å². The molecule has 0 unspecified atom stereocenters. The third kappa shape index (κ3) is 6.42. The van der Waals surface area contributed by atoms with Crippen LogP contribution in [0, 0.1) is 11.8 Å². The van der Waals surface area contributed by atoms with Crippen molar-refractivity contribution in [3.63, 3.8) is 0 Å². The Kier molecular flexibility index (Phi) is 6.61. The van der Waals surface area contributed by atoms with Gasteiger partial charge in [0.15, 0.2) is 0 Å². The fraction of sp³-hybridized carbons (Fsp3) is 0.588. The number of hydrogen-bond donors (Lipinski definition) is 1. The molecule has 0 saturated carbocycles. The zero-order valence-electron chi connectivity index (χ0n) is 12.7. The molecule has 0 aromatic heterocycles. The van der Waals surface area contributed by atoms with E-state index in [0.717, 1.165) is 19.4 Å². The second kappa shape index (κ2) is 7.98. The fourth-order valence-electron chi connectivity index (χ4n) is 2.10. The van der Waals surface area contributed by atoms with Crippen LogP contribution in [0.2, 0.25) is 0 Å². The van der Waals surface area contributed by atoms with Gasteiger partial charge in [0.05, 0.1) is 6.42 Å². The van der Waals surface area contributed by atoms with Gasteiger partial charge in [-0.3, -0.25) is 4.79 Å². The summed E-state index contributed by atoms with van der Waals surface area (Å²) in [6.07, 6.45) is 2.58. The highest BCUT2D eigenvalue weighted by Gasteiger charge is 2.08. The van der Waals surface area contributed by atoms with Crippen LogP contribution in [-0.4, -0.2) is 12.5 Å². The van der Waals surface area contributed by atoms with E-state index in [4.69, 9.17) is 0 Å². The number of carbonyl (C=O) groups is 1. The Labute approximate surface area is 117 Å². The van der Waals surface area contributed by atoms with Crippen LogP contribution in [0.4, 0.5) is 0 Å². The largest absolute Gasteiger partial charge is 0.356 e. The first-order valence-electron chi connectivity index (χ1n) is 7.32. The first kappa shape index (κ1) is 15.7. The van der Waals surface area contributed by atoms with Crippen LogP contribution in [0.25, 0.3) is 0 Å². The number of benzene rings is 1. The molecular formula is C17H27NO. The number of amides is 1. The summed E-state index contributed by atoms with van der Waals surface area (Å²) in [7, 11) is 0. The molecule has 2 heteroatoms. The summed E-state index contributed by atoms with van der Waals surface area (Å²) in [6.45, 7) is 9.54. The minimum absolute atomic E-state index is 0.136. The lowest BCUT2D eigenvalue weighted by Gasteiger charge is -2.12. The molecule has 1 N–H and O–H groups in total. The van der Waals surface area contributed by atoms with E-state index < -0.39 is 0 Å². The molecule has 0 spiro atoms. The average Bonchev–Trinajstić information content (AvgIpc) is 2.30. The van der Waals surface area contributed by atoms with Crippen molar-refractivity contribution >= 4 is 5.91 Å². The summed E-state index contributed by atoms with van der Waals surface area (Å²) in [6, 6.07) is 8.27. The van der Waals surface area contributed by atoms with Gasteiger partial charge in [-0.1, -0.05) is 52.0 Å². The van der Waals surface area contributed by atoms with E-state index in [1.54, 1.807) is 0 Å². The third-order valence-corrected chi connectivity index (χ3v) is 3.14. The van der Waals surface area contributed by atoms with E-state index in [0.29, 0.717) is 18.3 Å². The van der Waals surface area contributed by atoms with Gasteiger partial charge in [-0.2, -0.15) is 0 Å². The van der Waals surface area contributed by atoms with Gasteiger partial charge < -0.3 is 5.32 Å². The topological polar surface area (TPSA) is 29.1 Å². The quantitative estimate of drug-likeness (QED) is 0.798. The standard InChI is InChI=1S/C17H27NO/c1-13(2)9-10-18-17(19)12-16-8-6-5-7-15(16)11-14(3)4/h5-8,13-14H,9-12H2,1-4H3,(H,18,19). The van der Waals surface area contributed by atoms with Gasteiger partial charge in [0.1, 0.15) is 0 Å². The Morgan fingerprint density at radius 2 is 1.68 bits per heavy atom. The molecule has 1 aromatic rings. The first-order chi connectivity index (χ1) is 8.99. The molecule has 0 aliphatic carbocycles. The molecule has 0 heterocycles. The maximum absolute atomic E-state index is 11.9. The van der Waals surface area contributed by atoms with Crippen molar-refractivity contribution in [3.05, 3.63) is 35.4 Å². The monoisotopic (exact) mass is 261 g/mol. The lowest BCUT2D eigenvalue weighted by molar-refractivity contribution is -0.120. The maximum Gasteiger partial charge on any atom is 0.224 e. The summed E-state index contributed by atoms with van der Waals surface area (Å²) in [5, 5.41) is 3.00. The molecule has 19 heavy (non-hydrogen) atoms. The lowest BCUT2D eigenvalue weighted by atomic mass is 9.96. The molecule has 0 saturated heterocycles. The zero-order chi connectivity index (χ0) is 14.3. The SMILES string of the molecule is CC(C)CCNC(=O)Cc1ccccc1CC(C)C. The van der Waals surface area contributed by atoms with Gasteiger partial charge >= 0.3 is 0 Å². The summed E-state index contributed by atoms with van der Waals surface area (Å²) in [5.74, 6) is 1.38. The Hall–Kier alpha value is -1.31. The second-order valence-electron chi connectivity index (χ2n) is 6.08. The van der Waals surface area contributed by atoms with Crippen LogP contribution in [0.1, 0.15) is 45.2 Å². The molecule has 1 amide bonds. The Balaban J connectivity index is 2.53. The molecule has 0 aliphatic heterocycles. The van der Waals surface area contributed by atoms with Gasteiger partial charge in [-0.25, -0.2) is 0 Å². The van der Waals surface area contributed by atoms with E-state index in [9.17, 15) is 4.79 Å². The summed E-state index contributed by atoms with van der Waals surface area (Å²) < 4.78 is 0. The minimum atomic E-state index is 0.136. The molecule has 2 nitrogen and oxygen atoms in total. The second-order valence-corrected chi connectivity index (χ2v) is 6.08. The van der Waals surface area contributed by atoms with E-state index >= 15 is 0 Å². The van der Waals surface area contributed by atoms with Crippen molar-refractivity contribution in [2.45, 2.75) is 47.0 Å². The first-order valence-corrected chi connectivity index (χ1v) is 7.32. The number of hydrogen-bond acceptors (Lipinski definition) is 1. The number of nitrogens with one attached hydrogen (secondary N) is 1. The molecule has 0 fully saturated rings. The van der Waals surface area contributed by atoms with Crippen LogP contribution in [0.5, 0.6) is 0 Å². The highest BCUT2D eigenvalue weighted by molar-refractivity contribution is 5.78. The van der Waals surface area contributed by atoms with Crippen molar-refractivity contribution in [2.75, 3.05) is 6.54 Å². The Morgan fingerprint density at radius 3 is 2.26 bits per heavy atom. The zero-order valence-corrected chi connectivity index (χ0v) is 12.7. The van der Waals surface area contributed by atoms with Crippen molar-refractivity contribution in [2.24, 2.45) is 11.8 Å². The number of rotatable bonds is 7. The van der Waals surface area contributed by atoms with Crippen LogP contribution >= 0.6 is 0 Å². The fourth-order valence-corrected chi connectivity index (χ4v) is 2.10. The van der Waals surface area contributed by atoms with Gasteiger partial charge in [-0.15, -0.1) is 0 Å². The predicted octanol–water partition coefficient (Wildman–Crippen LogP) is 3.59. The van der Waals surface area contributed by atoms with Gasteiger partial charge in [0, 0.05) is 6.54 Å². The summed E-state index contributed by atoms with van der Waals surface area (Å²) in [4.78, 5) is 11.9. The van der Waals surface area contributed by atoms with E-state index in [1.807, 2.05) is 6.07 Å². The van der Waals surface area contributed by atoms with Gasteiger partial charge in [-0.05, 0) is 35.8 Å². The van der Waals surface area contributed by atoms with Crippen LogP contribution in [-0.2, 0) is 17.6 Å². The van der Waals surface area contributed by atoms with Crippen molar-refractivity contribution in [3.8, 4) is 0 Å². The van der Waals surface area contributed by atoms with E-state index in [1.165, 1.54) is 11.1 Å². The average molecular weight is 261 g/mol. The molecule has 106 valence electrons. The van der Waals surface area contributed by atoms with Crippen molar-refractivity contribution in [1.82, 2.24) is 5.32 Å².